The lowest BCUT2D eigenvalue weighted by Crippen LogP contribution is -2.04. The Morgan fingerprint density at radius 2 is 1.36 bits per heavy atom. The summed E-state index contributed by atoms with van der Waals surface area (Å²) < 4.78 is 0. The van der Waals surface area contributed by atoms with Gasteiger partial charge in [-0.05, 0) is 24.2 Å². The lowest BCUT2D eigenvalue weighted by Gasteiger charge is -2.18. The molecule has 0 rings (SSSR count). The number of rotatable bonds is 5. The molecule has 0 unspecified atom stereocenters. The highest BCUT2D eigenvalue weighted by molar-refractivity contribution is 7.57. The van der Waals surface area contributed by atoms with Crippen molar-refractivity contribution in [2.24, 2.45) is 11.8 Å². The third-order valence-electron chi connectivity index (χ3n) is 1.45. The van der Waals surface area contributed by atoms with Gasteiger partial charge >= 0.3 is 0 Å². The molecule has 0 amide bonds. The van der Waals surface area contributed by atoms with E-state index >= 15 is 0 Å². The van der Waals surface area contributed by atoms with E-state index in [1.165, 1.54) is 12.3 Å². The molecule has 0 aromatic carbocycles. The van der Waals surface area contributed by atoms with Crippen molar-refractivity contribution in [3.63, 3.8) is 0 Å². The average Bonchev–Trinajstić information content (AvgIpc) is 1.84. The molecule has 0 saturated heterocycles. The zero-order valence-electron chi connectivity index (χ0n) is 8.17. The number of hydrogen-bond donors (Lipinski definition) is 1. The van der Waals surface area contributed by atoms with E-state index in [4.69, 9.17) is 5.11 Å². The van der Waals surface area contributed by atoms with Gasteiger partial charge in [0.05, 0.1) is 6.35 Å². The molecule has 0 aliphatic carbocycles. The molecule has 1 nitrogen and oxygen atoms in total. The summed E-state index contributed by atoms with van der Waals surface area (Å²) in [5.41, 5.74) is 0. The van der Waals surface area contributed by atoms with Crippen molar-refractivity contribution >= 4 is 7.92 Å². The van der Waals surface area contributed by atoms with Crippen LogP contribution in [0.2, 0.25) is 0 Å². The summed E-state index contributed by atoms with van der Waals surface area (Å²) in [6.07, 6.45) is 2.87. The van der Waals surface area contributed by atoms with E-state index in [0.29, 0.717) is 6.35 Å². The maximum Gasteiger partial charge on any atom is 0.0624 e. The van der Waals surface area contributed by atoms with E-state index in [9.17, 15) is 0 Å². The SMILES string of the molecule is CC(C)CP(CO)CC(C)C. The second-order valence-electron chi connectivity index (χ2n) is 3.97. The highest BCUT2D eigenvalue weighted by Gasteiger charge is 2.10. The maximum atomic E-state index is 9.05. The van der Waals surface area contributed by atoms with Crippen LogP contribution in [-0.2, 0) is 0 Å². The molecule has 68 valence electrons. The molecule has 0 saturated carbocycles. The first-order valence-corrected chi connectivity index (χ1v) is 6.29. The molecule has 0 heterocycles. The number of aliphatic hydroxyl groups excluding tert-OH is 1. The molecular weight excluding hydrogens is 155 g/mol. The lowest BCUT2D eigenvalue weighted by atomic mass is 10.3. The summed E-state index contributed by atoms with van der Waals surface area (Å²) in [6.45, 7) is 8.91. The predicted molar refractivity (Wildman–Crippen MR) is 53.4 cm³/mol. The molecule has 0 fully saturated rings. The van der Waals surface area contributed by atoms with Crippen LogP contribution >= 0.6 is 7.92 Å². The molecule has 11 heavy (non-hydrogen) atoms. The highest BCUT2D eigenvalue weighted by Crippen LogP contribution is 2.38. The summed E-state index contributed by atoms with van der Waals surface area (Å²) >= 11 is 0. The Morgan fingerprint density at radius 3 is 1.55 bits per heavy atom. The molecule has 0 aromatic rings. The fourth-order valence-corrected chi connectivity index (χ4v) is 3.67. The van der Waals surface area contributed by atoms with Gasteiger partial charge in [0.25, 0.3) is 0 Å². The Labute approximate surface area is 72.0 Å². The monoisotopic (exact) mass is 176 g/mol. The van der Waals surface area contributed by atoms with Crippen molar-refractivity contribution in [2.75, 3.05) is 18.7 Å². The van der Waals surface area contributed by atoms with E-state index in [1.54, 1.807) is 0 Å². The molecule has 1 N–H and O–H groups in total. The summed E-state index contributed by atoms with van der Waals surface area (Å²) in [5.74, 6) is 1.49. The van der Waals surface area contributed by atoms with Gasteiger partial charge in [-0.25, -0.2) is 0 Å². The standard InChI is InChI=1S/C9H21OP/c1-8(2)5-11(7-10)6-9(3)4/h8-10H,5-7H2,1-4H3. The summed E-state index contributed by atoms with van der Waals surface area (Å²) in [6, 6.07) is 0. The topological polar surface area (TPSA) is 20.2 Å². The van der Waals surface area contributed by atoms with Gasteiger partial charge in [0.1, 0.15) is 0 Å². The number of hydrogen-bond acceptors (Lipinski definition) is 1. The average molecular weight is 176 g/mol. The van der Waals surface area contributed by atoms with E-state index in [2.05, 4.69) is 27.7 Å². The van der Waals surface area contributed by atoms with Gasteiger partial charge in [0.15, 0.2) is 0 Å². The van der Waals surface area contributed by atoms with Gasteiger partial charge < -0.3 is 5.11 Å². The van der Waals surface area contributed by atoms with E-state index < -0.39 is 0 Å². The van der Waals surface area contributed by atoms with Crippen LogP contribution in [0.25, 0.3) is 0 Å². The van der Waals surface area contributed by atoms with Crippen molar-refractivity contribution in [3.05, 3.63) is 0 Å². The van der Waals surface area contributed by atoms with Crippen LogP contribution in [0, 0.1) is 11.8 Å². The largest absolute Gasteiger partial charge is 0.392 e. The van der Waals surface area contributed by atoms with Gasteiger partial charge in [-0.2, -0.15) is 0 Å². The first-order chi connectivity index (χ1) is 5.06. The second-order valence-corrected chi connectivity index (χ2v) is 6.32. The van der Waals surface area contributed by atoms with Gasteiger partial charge in [-0.1, -0.05) is 35.6 Å². The van der Waals surface area contributed by atoms with Gasteiger partial charge in [-0.3, -0.25) is 0 Å². The summed E-state index contributed by atoms with van der Waals surface area (Å²) in [7, 11) is -0.0818. The van der Waals surface area contributed by atoms with Crippen molar-refractivity contribution in [1.82, 2.24) is 0 Å². The highest BCUT2D eigenvalue weighted by atomic mass is 31.1. The molecule has 0 radical (unpaired) electrons. The lowest BCUT2D eigenvalue weighted by molar-refractivity contribution is 0.368. The quantitative estimate of drug-likeness (QED) is 0.638. The minimum atomic E-state index is -0.0818. The zero-order valence-corrected chi connectivity index (χ0v) is 9.06. The molecule has 0 aliphatic heterocycles. The van der Waals surface area contributed by atoms with E-state index in [0.717, 1.165) is 11.8 Å². The Hall–Kier alpha value is 0.390. The second kappa shape index (κ2) is 5.97. The van der Waals surface area contributed by atoms with Crippen molar-refractivity contribution in [3.8, 4) is 0 Å². The van der Waals surface area contributed by atoms with E-state index in [-0.39, 0.29) is 7.92 Å². The third-order valence-corrected chi connectivity index (χ3v) is 4.34. The first-order valence-electron chi connectivity index (χ1n) is 4.39. The molecule has 0 aromatic heterocycles. The molecular formula is C9H21OP. The van der Waals surface area contributed by atoms with Crippen LogP contribution in [0.4, 0.5) is 0 Å². The molecule has 0 bridgehead atoms. The van der Waals surface area contributed by atoms with Crippen LogP contribution in [-0.4, -0.2) is 23.8 Å². The fourth-order valence-electron chi connectivity index (χ4n) is 1.22. The molecule has 0 atom stereocenters. The Kier molecular flexibility index (Phi) is 6.18. The summed E-state index contributed by atoms with van der Waals surface area (Å²) in [4.78, 5) is 0. The van der Waals surface area contributed by atoms with Crippen LogP contribution in [0.15, 0.2) is 0 Å². The van der Waals surface area contributed by atoms with Crippen molar-refractivity contribution < 1.29 is 5.11 Å². The fraction of sp³-hybridized carbons (Fsp3) is 1.00. The van der Waals surface area contributed by atoms with Crippen molar-refractivity contribution in [1.29, 1.82) is 0 Å². The third kappa shape index (κ3) is 6.77. The molecule has 0 aliphatic rings. The predicted octanol–water partition coefficient (Wildman–Crippen LogP) is 2.73. The maximum absolute atomic E-state index is 9.05. The van der Waals surface area contributed by atoms with E-state index in [1.807, 2.05) is 0 Å². The van der Waals surface area contributed by atoms with Crippen LogP contribution in [0.1, 0.15) is 27.7 Å². The van der Waals surface area contributed by atoms with Gasteiger partial charge in [0.2, 0.25) is 0 Å². The molecule has 0 spiro atoms. The normalized spacial score (nSPS) is 12.0. The minimum absolute atomic E-state index is 0.0818. The van der Waals surface area contributed by atoms with Crippen LogP contribution < -0.4 is 0 Å². The summed E-state index contributed by atoms with van der Waals surface area (Å²) in [5, 5.41) is 9.05. The van der Waals surface area contributed by atoms with Gasteiger partial charge in [-0.15, -0.1) is 0 Å². The zero-order chi connectivity index (χ0) is 8.85. The first kappa shape index (κ1) is 11.4. The Morgan fingerprint density at radius 1 is 1.00 bits per heavy atom. The van der Waals surface area contributed by atoms with Crippen molar-refractivity contribution in [2.45, 2.75) is 27.7 Å². The Bertz CT molecular complexity index is 81.6. The number of aliphatic hydroxyl groups is 1. The minimum Gasteiger partial charge on any atom is -0.392 e. The van der Waals surface area contributed by atoms with Crippen LogP contribution in [0.3, 0.4) is 0 Å². The van der Waals surface area contributed by atoms with Gasteiger partial charge in [0, 0.05) is 0 Å². The molecule has 2 heteroatoms. The Balaban J connectivity index is 3.58. The smallest absolute Gasteiger partial charge is 0.0624 e. The van der Waals surface area contributed by atoms with Crippen LogP contribution in [0.5, 0.6) is 0 Å².